The molecular weight excluding hydrogens is 240 g/mol. The second kappa shape index (κ2) is 4.88. The average molecular weight is 258 g/mol. The van der Waals surface area contributed by atoms with Crippen LogP contribution >= 0.6 is 0 Å². The highest BCUT2D eigenvalue weighted by Crippen LogP contribution is 2.23. The third kappa shape index (κ3) is 3.22. The van der Waals surface area contributed by atoms with Crippen molar-refractivity contribution in [2.24, 2.45) is 0 Å². The molecule has 4 heteroatoms. The molecule has 0 aliphatic heterocycles. The van der Waals surface area contributed by atoms with Crippen molar-refractivity contribution in [2.45, 2.75) is 32.7 Å². The molecule has 0 radical (unpaired) electrons. The van der Waals surface area contributed by atoms with E-state index in [1.807, 2.05) is 45.0 Å². The second-order valence-electron chi connectivity index (χ2n) is 5.43. The molecule has 0 aliphatic rings. The van der Waals surface area contributed by atoms with Crippen molar-refractivity contribution in [3.8, 4) is 0 Å². The Labute approximate surface area is 112 Å². The Morgan fingerprint density at radius 1 is 1.37 bits per heavy atom. The number of hydrogen-bond donors (Lipinski definition) is 2. The summed E-state index contributed by atoms with van der Waals surface area (Å²) in [5.41, 5.74) is 1.38. The lowest BCUT2D eigenvalue weighted by Crippen LogP contribution is -2.34. The second-order valence-corrected chi connectivity index (χ2v) is 5.43. The Morgan fingerprint density at radius 3 is 2.74 bits per heavy atom. The third-order valence-corrected chi connectivity index (χ3v) is 2.96. The lowest BCUT2D eigenvalue weighted by molar-refractivity contribution is -0.137. The normalized spacial score (nSPS) is 11.5. The molecule has 0 atom stereocenters. The number of anilines is 1. The number of aromatic nitrogens is 1. The zero-order valence-corrected chi connectivity index (χ0v) is 11.4. The van der Waals surface area contributed by atoms with Gasteiger partial charge in [0.2, 0.25) is 0 Å². The van der Waals surface area contributed by atoms with Gasteiger partial charge in [0.25, 0.3) is 0 Å². The van der Waals surface area contributed by atoms with Gasteiger partial charge in [0.15, 0.2) is 0 Å². The van der Waals surface area contributed by atoms with Gasteiger partial charge in [0, 0.05) is 10.9 Å². The van der Waals surface area contributed by atoms with Crippen LogP contribution < -0.4 is 5.32 Å². The van der Waals surface area contributed by atoms with Crippen LogP contribution in [-0.4, -0.2) is 21.6 Å². The molecule has 1 aromatic carbocycles. The number of aryl methyl sites for hydroxylation is 1. The van der Waals surface area contributed by atoms with E-state index < -0.39 is 11.5 Å². The van der Waals surface area contributed by atoms with Crippen LogP contribution in [0.25, 0.3) is 10.9 Å². The Bertz CT molecular complexity index is 621. The first-order valence-corrected chi connectivity index (χ1v) is 6.24. The first-order chi connectivity index (χ1) is 8.87. The fraction of sp³-hybridized carbons (Fsp3) is 0.333. The van der Waals surface area contributed by atoms with E-state index in [9.17, 15) is 4.79 Å². The summed E-state index contributed by atoms with van der Waals surface area (Å²) in [6.07, 6.45) is 0.0426. The molecule has 2 aromatic rings. The highest BCUT2D eigenvalue weighted by atomic mass is 16.4. The number of aliphatic carboxylic acids is 1. The maximum Gasteiger partial charge on any atom is 0.305 e. The number of carboxylic acid groups (broad SMARTS) is 1. The molecule has 19 heavy (non-hydrogen) atoms. The number of nitrogens with one attached hydrogen (secondary N) is 1. The smallest absolute Gasteiger partial charge is 0.305 e. The highest BCUT2D eigenvalue weighted by molar-refractivity contribution is 5.81. The topological polar surface area (TPSA) is 62.2 Å². The first-order valence-electron chi connectivity index (χ1n) is 6.24. The fourth-order valence-electron chi connectivity index (χ4n) is 2.09. The molecule has 1 aromatic heterocycles. The summed E-state index contributed by atoms with van der Waals surface area (Å²) >= 11 is 0. The van der Waals surface area contributed by atoms with Crippen LogP contribution in [0.5, 0.6) is 0 Å². The number of carboxylic acids is 1. The van der Waals surface area contributed by atoms with E-state index in [-0.39, 0.29) is 6.42 Å². The highest BCUT2D eigenvalue weighted by Gasteiger charge is 2.22. The van der Waals surface area contributed by atoms with Crippen LogP contribution in [0.4, 0.5) is 5.82 Å². The van der Waals surface area contributed by atoms with Crippen molar-refractivity contribution in [3.05, 3.63) is 35.9 Å². The number of pyridine rings is 1. The summed E-state index contributed by atoms with van der Waals surface area (Å²) in [7, 11) is 0. The lowest BCUT2D eigenvalue weighted by atomic mass is 10.0. The van der Waals surface area contributed by atoms with Crippen molar-refractivity contribution < 1.29 is 9.90 Å². The largest absolute Gasteiger partial charge is 0.481 e. The lowest BCUT2D eigenvalue weighted by Gasteiger charge is -2.26. The zero-order valence-electron chi connectivity index (χ0n) is 11.4. The van der Waals surface area contributed by atoms with Crippen molar-refractivity contribution in [1.82, 2.24) is 4.98 Å². The Kier molecular flexibility index (Phi) is 3.42. The van der Waals surface area contributed by atoms with Gasteiger partial charge in [-0.1, -0.05) is 18.2 Å². The predicted octanol–water partition coefficient (Wildman–Crippen LogP) is 3.21. The molecule has 0 aliphatic carbocycles. The summed E-state index contributed by atoms with van der Waals surface area (Å²) in [5, 5.41) is 13.2. The van der Waals surface area contributed by atoms with E-state index in [0.717, 1.165) is 22.3 Å². The van der Waals surface area contributed by atoms with Crippen LogP contribution in [0, 0.1) is 6.92 Å². The molecule has 0 fully saturated rings. The number of hydrogen-bond acceptors (Lipinski definition) is 3. The van der Waals surface area contributed by atoms with Gasteiger partial charge in [0.1, 0.15) is 5.82 Å². The Balaban J connectivity index is 2.34. The summed E-state index contributed by atoms with van der Waals surface area (Å²) in [6.45, 7) is 5.69. The number of benzene rings is 1. The average Bonchev–Trinajstić information content (AvgIpc) is 2.27. The maximum absolute atomic E-state index is 10.8. The molecule has 0 amide bonds. The molecule has 2 N–H and O–H groups in total. The third-order valence-electron chi connectivity index (χ3n) is 2.96. The monoisotopic (exact) mass is 258 g/mol. The maximum atomic E-state index is 10.8. The van der Waals surface area contributed by atoms with Crippen molar-refractivity contribution in [2.75, 3.05) is 5.32 Å². The molecule has 0 saturated heterocycles. The fourth-order valence-corrected chi connectivity index (χ4v) is 2.09. The van der Waals surface area contributed by atoms with Gasteiger partial charge in [0.05, 0.1) is 11.9 Å². The molecule has 4 nitrogen and oxygen atoms in total. The summed E-state index contributed by atoms with van der Waals surface area (Å²) < 4.78 is 0. The van der Waals surface area contributed by atoms with Gasteiger partial charge >= 0.3 is 5.97 Å². The van der Waals surface area contributed by atoms with Gasteiger partial charge in [-0.2, -0.15) is 0 Å². The summed E-state index contributed by atoms with van der Waals surface area (Å²) in [5.74, 6) is -0.0825. The van der Waals surface area contributed by atoms with Crippen molar-refractivity contribution in [3.63, 3.8) is 0 Å². The number of fused-ring (bicyclic) bond motifs is 1. The van der Waals surface area contributed by atoms with Crippen LogP contribution in [0.15, 0.2) is 30.3 Å². The molecule has 0 bridgehead atoms. The van der Waals surface area contributed by atoms with Crippen LogP contribution in [-0.2, 0) is 4.79 Å². The summed E-state index contributed by atoms with van der Waals surface area (Å²) in [4.78, 5) is 15.4. The standard InChI is InChI=1S/C15H18N2O2/c1-10-8-11-6-4-5-7-12(11)16-14(10)17-15(2,3)9-13(18)19/h4-8H,9H2,1-3H3,(H,16,17)(H,18,19). The SMILES string of the molecule is Cc1cc2ccccc2nc1NC(C)(C)CC(=O)O. The van der Waals surface area contributed by atoms with Gasteiger partial charge in [-0.05, 0) is 38.5 Å². The van der Waals surface area contributed by atoms with E-state index in [1.165, 1.54) is 0 Å². The molecule has 0 saturated carbocycles. The number of carbonyl (C=O) groups is 1. The van der Waals surface area contributed by atoms with Gasteiger partial charge in [-0.3, -0.25) is 4.79 Å². The van der Waals surface area contributed by atoms with E-state index >= 15 is 0 Å². The van der Waals surface area contributed by atoms with E-state index in [2.05, 4.69) is 16.4 Å². The van der Waals surface area contributed by atoms with Crippen LogP contribution in [0.2, 0.25) is 0 Å². The zero-order chi connectivity index (χ0) is 14.0. The molecule has 1 heterocycles. The molecule has 2 rings (SSSR count). The minimum atomic E-state index is -0.823. The van der Waals surface area contributed by atoms with Gasteiger partial charge in [-0.25, -0.2) is 4.98 Å². The minimum absolute atomic E-state index is 0.0426. The number of nitrogens with zero attached hydrogens (tertiary/aromatic N) is 1. The molecule has 0 unspecified atom stereocenters. The van der Waals surface area contributed by atoms with Gasteiger partial charge < -0.3 is 10.4 Å². The van der Waals surface area contributed by atoms with Crippen LogP contribution in [0.3, 0.4) is 0 Å². The first kappa shape index (κ1) is 13.3. The minimum Gasteiger partial charge on any atom is -0.481 e. The van der Waals surface area contributed by atoms with Gasteiger partial charge in [-0.15, -0.1) is 0 Å². The predicted molar refractivity (Wildman–Crippen MR) is 76.4 cm³/mol. The van der Waals surface area contributed by atoms with Crippen molar-refractivity contribution in [1.29, 1.82) is 0 Å². The van der Waals surface area contributed by atoms with Crippen molar-refractivity contribution >= 4 is 22.7 Å². The Hall–Kier alpha value is -2.10. The number of rotatable bonds is 4. The number of para-hydroxylation sites is 1. The Morgan fingerprint density at radius 2 is 2.05 bits per heavy atom. The molecule has 0 spiro atoms. The van der Waals surface area contributed by atoms with E-state index in [1.54, 1.807) is 0 Å². The van der Waals surface area contributed by atoms with Crippen LogP contribution in [0.1, 0.15) is 25.8 Å². The van der Waals surface area contributed by atoms with E-state index in [4.69, 9.17) is 5.11 Å². The molecule has 100 valence electrons. The molecular formula is C15H18N2O2. The quantitative estimate of drug-likeness (QED) is 0.884. The van der Waals surface area contributed by atoms with E-state index in [0.29, 0.717) is 0 Å². The summed E-state index contributed by atoms with van der Waals surface area (Å²) in [6, 6.07) is 9.94.